The largest absolute Gasteiger partial charge is 0.487 e. The molecule has 0 aliphatic rings. The molecule has 0 spiro atoms. The number of nitro benzene ring substituents is 1. The Morgan fingerprint density at radius 2 is 2.00 bits per heavy atom. The lowest BCUT2D eigenvalue weighted by Crippen LogP contribution is -2.12. The number of rotatable bonds is 5. The van der Waals surface area contributed by atoms with Crippen molar-refractivity contribution in [1.82, 2.24) is 0 Å². The summed E-state index contributed by atoms with van der Waals surface area (Å²) in [6.45, 7) is 2.00. The molecule has 0 unspecified atom stereocenters. The number of carbonyl (C=O) groups excluding carboxylic acids is 1. The Morgan fingerprint density at radius 1 is 1.26 bits per heavy atom. The summed E-state index contributed by atoms with van der Waals surface area (Å²) in [6, 6.07) is 8.59. The van der Waals surface area contributed by atoms with Gasteiger partial charge in [0.05, 0.1) is 22.2 Å². The van der Waals surface area contributed by atoms with E-state index >= 15 is 0 Å². The minimum atomic E-state index is -0.603. The van der Waals surface area contributed by atoms with Gasteiger partial charge in [0.2, 0.25) is 0 Å². The number of amides is 1. The van der Waals surface area contributed by atoms with Gasteiger partial charge in [-0.3, -0.25) is 14.9 Å². The zero-order valence-electron chi connectivity index (χ0n) is 12.0. The summed E-state index contributed by atoms with van der Waals surface area (Å²) in [6.07, 6.45) is 0. The molecule has 2 aromatic carbocycles. The van der Waals surface area contributed by atoms with Gasteiger partial charge < -0.3 is 10.1 Å². The highest BCUT2D eigenvalue weighted by molar-refractivity contribution is 6.35. The topological polar surface area (TPSA) is 81.5 Å². The third kappa shape index (κ3) is 4.12. The number of benzene rings is 2. The van der Waals surface area contributed by atoms with Gasteiger partial charge in [0, 0.05) is 16.7 Å². The molecule has 1 amide bonds. The zero-order chi connectivity index (χ0) is 17.0. The van der Waals surface area contributed by atoms with Crippen molar-refractivity contribution in [3.8, 4) is 5.75 Å². The molecule has 1 N–H and O–H groups in total. The first kappa shape index (κ1) is 17.1. The molecule has 0 saturated carbocycles. The highest BCUT2D eigenvalue weighted by Crippen LogP contribution is 2.29. The van der Waals surface area contributed by atoms with Crippen molar-refractivity contribution in [1.29, 1.82) is 0 Å². The molecule has 23 heavy (non-hydrogen) atoms. The molecule has 0 atom stereocenters. The maximum Gasteiger partial charge on any atom is 0.311 e. The number of anilines is 1. The van der Waals surface area contributed by atoms with Crippen LogP contribution in [0.15, 0.2) is 36.4 Å². The molecular formula is C15H12Cl2N2O4. The van der Waals surface area contributed by atoms with Gasteiger partial charge >= 0.3 is 5.69 Å². The minimum absolute atomic E-state index is 0.106. The lowest BCUT2D eigenvalue weighted by Gasteiger charge is -2.09. The number of halogens is 2. The third-order valence-electron chi connectivity index (χ3n) is 2.89. The minimum Gasteiger partial charge on any atom is -0.487 e. The normalized spacial score (nSPS) is 10.2. The predicted octanol–water partition coefficient (Wildman–Crippen LogP) is 4.55. The molecule has 6 nitrogen and oxygen atoms in total. The molecule has 0 aliphatic carbocycles. The second kappa shape index (κ2) is 7.30. The van der Waals surface area contributed by atoms with E-state index in [1.54, 1.807) is 19.1 Å². The first-order chi connectivity index (χ1) is 10.9. The van der Waals surface area contributed by atoms with Crippen LogP contribution in [0.4, 0.5) is 11.4 Å². The van der Waals surface area contributed by atoms with E-state index in [4.69, 9.17) is 27.9 Å². The standard InChI is InChI=1S/C15H12Cl2N2O4/c1-2-23-14-6-3-9(7-13(14)19(21)22)15(20)18-12-8-10(16)4-5-11(12)17/h3-8H,2H2,1H3,(H,18,20). The summed E-state index contributed by atoms with van der Waals surface area (Å²) < 4.78 is 5.17. The Bertz CT molecular complexity index is 765. The number of nitrogens with one attached hydrogen (secondary N) is 1. The Kier molecular flexibility index (Phi) is 5.41. The number of ether oxygens (including phenoxy) is 1. The van der Waals surface area contributed by atoms with Crippen LogP contribution in [0.2, 0.25) is 10.0 Å². The second-order valence-electron chi connectivity index (χ2n) is 4.45. The number of nitrogens with zero attached hydrogens (tertiary/aromatic N) is 1. The summed E-state index contributed by atoms with van der Waals surface area (Å²) in [7, 11) is 0. The van der Waals surface area contributed by atoms with E-state index in [1.807, 2.05) is 0 Å². The molecule has 120 valence electrons. The smallest absolute Gasteiger partial charge is 0.311 e. The second-order valence-corrected chi connectivity index (χ2v) is 5.29. The maximum absolute atomic E-state index is 12.2. The van der Waals surface area contributed by atoms with Crippen LogP contribution in [0.5, 0.6) is 5.75 Å². The van der Waals surface area contributed by atoms with Crippen LogP contribution in [0.1, 0.15) is 17.3 Å². The van der Waals surface area contributed by atoms with E-state index in [-0.39, 0.29) is 23.6 Å². The van der Waals surface area contributed by atoms with E-state index in [0.717, 1.165) is 6.07 Å². The molecular weight excluding hydrogens is 343 g/mol. The van der Waals surface area contributed by atoms with Crippen molar-refractivity contribution in [2.45, 2.75) is 6.92 Å². The van der Waals surface area contributed by atoms with Gasteiger partial charge in [0.15, 0.2) is 5.75 Å². The molecule has 0 radical (unpaired) electrons. The van der Waals surface area contributed by atoms with Crippen LogP contribution >= 0.6 is 23.2 Å². The zero-order valence-corrected chi connectivity index (χ0v) is 13.5. The van der Waals surface area contributed by atoms with Crippen LogP contribution in [-0.2, 0) is 0 Å². The summed E-state index contributed by atoms with van der Waals surface area (Å²) in [5.41, 5.74) is 0.147. The Balaban J connectivity index is 2.30. The molecule has 2 rings (SSSR count). The van der Waals surface area contributed by atoms with Crippen LogP contribution < -0.4 is 10.1 Å². The number of carbonyl (C=O) groups is 1. The van der Waals surface area contributed by atoms with E-state index < -0.39 is 10.8 Å². The van der Waals surface area contributed by atoms with Crippen molar-refractivity contribution < 1.29 is 14.5 Å². The van der Waals surface area contributed by atoms with E-state index in [1.165, 1.54) is 18.2 Å². The number of hydrogen-bond acceptors (Lipinski definition) is 4. The Hall–Kier alpha value is -2.31. The van der Waals surface area contributed by atoms with E-state index in [0.29, 0.717) is 15.7 Å². The summed E-state index contributed by atoms with van der Waals surface area (Å²) >= 11 is 11.8. The van der Waals surface area contributed by atoms with Gasteiger partial charge in [0.25, 0.3) is 5.91 Å². The van der Waals surface area contributed by atoms with Crippen molar-refractivity contribution >= 4 is 40.5 Å². The Morgan fingerprint density at radius 3 is 2.65 bits per heavy atom. The van der Waals surface area contributed by atoms with Gasteiger partial charge in [-0.25, -0.2) is 0 Å². The molecule has 8 heteroatoms. The molecule has 0 bridgehead atoms. The van der Waals surface area contributed by atoms with Gasteiger partial charge in [-0.15, -0.1) is 0 Å². The molecule has 0 saturated heterocycles. The molecule has 0 aliphatic heterocycles. The van der Waals surface area contributed by atoms with E-state index in [2.05, 4.69) is 5.32 Å². The molecule has 2 aromatic rings. The fourth-order valence-electron chi connectivity index (χ4n) is 1.87. The number of nitro groups is 1. The molecule has 0 aromatic heterocycles. The molecule has 0 fully saturated rings. The van der Waals surface area contributed by atoms with Crippen LogP contribution in [0, 0.1) is 10.1 Å². The monoisotopic (exact) mass is 354 g/mol. The number of hydrogen-bond donors (Lipinski definition) is 1. The first-order valence-corrected chi connectivity index (χ1v) is 7.35. The average Bonchev–Trinajstić information content (AvgIpc) is 2.51. The lowest BCUT2D eigenvalue weighted by atomic mass is 10.1. The third-order valence-corrected chi connectivity index (χ3v) is 3.46. The average molecular weight is 355 g/mol. The van der Waals surface area contributed by atoms with Crippen LogP contribution in [0.25, 0.3) is 0 Å². The summed E-state index contributed by atoms with van der Waals surface area (Å²) in [5, 5.41) is 14.4. The Labute approximate surface area is 142 Å². The van der Waals surface area contributed by atoms with Gasteiger partial charge in [-0.2, -0.15) is 0 Å². The van der Waals surface area contributed by atoms with E-state index in [9.17, 15) is 14.9 Å². The predicted molar refractivity (Wildman–Crippen MR) is 88.7 cm³/mol. The summed E-state index contributed by atoms with van der Waals surface area (Å²) in [5.74, 6) is -0.435. The fraction of sp³-hybridized carbons (Fsp3) is 0.133. The van der Waals surface area contributed by atoms with Crippen molar-refractivity contribution in [3.05, 3.63) is 62.1 Å². The maximum atomic E-state index is 12.2. The first-order valence-electron chi connectivity index (χ1n) is 6.60. The van der Waals surface area contributed by atoms with Crippen molar-refractivity contribution in [2.75, 3.05) is 11.9 Å². The van der Waals surface area contributed by atoms with Crippen molar-refractivity contribution in [2.24, 2.45) is 0 Å². The molecule has 0 heterocycles. The highest BCUT2D eigenvalue weighted by Gasteiger charge is 2.19. The van der Waals surface area contributed by atoms with Crippen molar-refractivity contribution in [3.63, 3.8) is 0 Å². The SMILES string of the molecule is CCOc1ccc(C(=O)Nc2cc(Cl)ccc2Cl)cc1[N+](=O)[O-]. The van der Waals surface area contributed by atoms with Gasteiger partial charge in [0.1, 0.15) is 0 Å². The van der Waals surface area contributed by atoms with Gasteiger partial charge in [-0.1, -0.05) is 23.2 Å². The van der Waals surface area contributed by atoms with Crippen LogP contribution in [0.3, 0.4) is 0 Å². The van der Waals surface area contributed by atoms with Crippen LogP contribution in [-0.4, -0.2) is 17.4 Å². The quantitative estimate of drug-likeness (QED) is 0.630. The van der Waals surface area contributed by atoms with Gasteiger partial charge in [-0.05, 0) is 37.3 Å². The highest BCUT2D eigenvalue weighted by atomic mass is 35.5. The summed E-state index contributed by atoms with van der Waals surface area (Å²) in [4.78, 5) is 22.7. The fourth-order valence-corrected chi connectivity index (χ4v) is 2.20. The lowest BCUT2D eigenvalue weighted by molar-refractivity contribution is -0.385.